The molecule has 0 amide bonds. The largest absolute Gasteiger partial charge is 0.490 e. The summed E-state index contributed by atoms with van der Waals surface area (Å²) < 4.78 is 60.9. The predicted octanol–water partition coefficient (Wildman–Crippen LogP) is 5.01. The average molecular weight is 717 g/mol. The molecule has 4 rings (SSSR count). The van der Waals surface area contributed by atoms with Crippen molar-refractivity contribution in [2.45, 2.75) is 26.1 Å². The van der Waals surface area contributed by atoms with E-state index in [4.69, 9.17) is 32.2 Å². The minimum Gasteiger partial charge on any atom is -0.490 e. The molecule has 1 aromatic heterocycles. The maximum Gasteiger partial charge on any atom is 0.434 e. The number of carbonyl (C=O) groups is 1. The third-order valence-electron chi connectivity index (χ3n) is 5.71. The van der Waals surface area contributed by atoms with Crippen molar-refractivity contribution in [3.63, 3.8) is 0 Å². The van der Waals surface area contributed by atoms with Crippen LogP contribution in [0.2, 0.25) is 5.02 Å². The van der Waals surface area contributed by atoms with E-state index in [9.17, 15) is 22.8 Å². The molecule has 0 unspecified atom stereocenters. The number of hydrogen-bond acceptors (Lipinski definition) is 7. The van der Waals surface area contributed by atoms with Gasteiger partial charge in [-0.3, -0.25) is 9.36 Å². The Morgan fingerprint density at radius 1 is 1.22 bits per heavy atom. The number of alkyl halides is 3. The molecule has 1 aliphatic rings. The molecule has 0 aliphatic carbocycles. The Bertz CT molecular complexity index is 1740. The topological polar surface area (TPSA) is 79.1 Å². The molecular weight excluding hydrogens is 696 g/mol. The van der Waals surface area contributed by atoms with E-state index >= 15 is 0 Å². The number of rotatable bonds is 8. The van der Waals surface area contributed by atoms with E-state index in [2.05, 4.69) is 10.9 Å². The number of hydrogen-bond donors (Lipinski definition) is 0. The van der Waals surface area contributed by atoms with Gasteiger partial charge in [-0.25, -0.2) is 9.79 Å². The van der Waals surface area contributed by atoms with Gasteiger partial charge in [0, 0.05) is 5.02 Å². The molecule has 7 nitrogen and oxygen atoms in total. The Kier molecular flexibility index (Phi) is 9.51. The fourth-order valence-corrected chi connectivity index (χ4v) is 6.05. The van der Waals surface area contributed by atoms with Crippen LogP contribution in [0.1, 0.15) is 31.0 Å². The van der Waals surface area contributed by atoms with Crippen molar-refractivity contribution in [2.75, 3.05) is 19.8 Å². The van der Waals surface area contributed by atoms with Crippen molar-refractivity contribution < 1.29 is 32.2 Å². The maximum atomic E-state index is 14.3. The normalized spacial score (nSPS) is 15.2. The Morgan fingerprint density at radius 3 is 2.54 bits per heavy atom. The van der Waals surface area contributed by atoms with Crippen molar-refractivity contribution in [1.29, 1.82) is 0 Å². The summed E-state index contributed by atoms with van der Waals surface area (Å²) in [7, 11) is 0. The van der Waals surface area contributed by atoms with Gasteiger partial charge in [-0.2, -0.15) is 13.2 Å². The van der Waals surface area contributed by atoms with E-state index in [0.717, 1.165) is 15.9 Å². The number of ether oxygens (including phenoxy) is 3. The minimum absolute atomic E-state index is 0.0169. The van der Waals surface area contributed by atoms with Gasteiger partial charge >= 0.3 is 12.1 Å². The number of nitrogens with zero attached hydrogens (tertiary/aromatic N) is 2. The SMILES string of the molecule is C#CCOc1c(I)cc(/C=c2\sc3n(c2=O)[C@@H](c2ccc(Cl)cc2)C(C(=O)OCC)=C(C(F)(F)F)N=3)cc1OCC. The molecule has 0 saturated carbocycles. The highest BCUT2D eigenvalue weighted by Crippen LogP contribution is 2.39. The van der Waals surface area contributed by atoms with Crippen LogP contribution in [0.3, 0.4) is 0 Å². The van der Waals surface area contributed by atoms with Crippen molar-refractivity contribution in [3.8, 4) is 23.8 Å². The predicted molar refractivity (Wildman–Crippen MR) is 157 cm³/mol. The highest BCUT2D eigenvalue weighted by molar-refractivity contribution is 14.1. The highest BCUT2D eigenvalue weighted by atomic mass is 127. The Labute approximate surface area is 255 Å². The van der Waals surface area contributed by atoms with Crippen molar-refractivity contribution >= 4 is 57.6 Å². The van der Waals surface area contributed by atoms with Gasteiger partial charge in [-0.05, 0) is 77.9 Å². The number of benzene rings is 2. The first-order valence-corrected chi connectivity index (χ1v) is 14.4. The molecule has 13 heteroatoms. The second-order valence-corrected chi connectivity index (χ2v) is 11.0. The molecule has 41 heavy (non-hydrogen) atoms. The van der Waals surface area contributed by atoms with E-state index in [1.807, 2.05) is 22.6 Å². The number of allylic oxidation sites excluding steroid dienone is 1. The smallest absolute Gasteiger partial charge is 0.434 e. The van der Waals surface area contributed by atoms with Crippen LogP contribution in [0, 0.1) is 15.9 Å². The summed E-state index contributed by atoms with van der Waals surface area (Å²) in [5, 5.41) is 0.327. The van der Waals surface area contributed by atoms with Crippen LogP contribution in [0.25, 0.3) is 6.08 Å². The Balaban J connectivity index is 1.99. The van der Waals surface area contributed by atoms with Crippen LogP contribution in [0.15, 0.2) is 57.5 Å². The zero-order valence-corrected chi connectivity index (χ0v) is 25.3. The van der Waals surface area contributed by atoms with Crippen LogP contribution in [-0.4, -0.2) is 36.5 Å². The van der Waals surface area contributed by atoms with Gasteiger partial charge < -0.3 is 14.2 Å². The van der Waals surface area contributed by atoms with E-state index < -0.39 is 35.0 Å². The summed E-state index contributed by atoms with van der Waals surface area (Å²) in [5.41, 5.74) is -2.10. The number of thiazole rings is 1. The van der Waals surface area contributed by atoms with E-state index in [-0.39, 0.29) is 28.1 Å². The first kappa shape index (κ1) is 30.7. The fourth-order valence-electron chi connectivity index (χ4n) is 4.14. The molecular formula is C28H21ClF3IN2O5S. The van der Waals surface area contributed by atoms with E-state index in [1.165, 1.54) is 37.3 Å². The molecule has 0 spiro atoms. The maximum absolute atomic E-state index is 14.3. The van der Waals surface area contributed by atoms with Gasteiger partial charge in [0.2, 0.25) is 0 Å². The fraction of sp³-hybridized carbons (Fsp3) is 0.250. The first-order chi connectivity index (χ1) is 19.5. The lowest BCUT2D eigenvalue weighted by molar-refractivity contribution is -0.140. The van der Waals surface area contributed by atoms with Gasteiger partial charge in [-0.15, -0.1) is 6.42 Å². The molecule has 0 bridgehead atoms. The molecule has 0 saturated heterocycles. The second kappa shape index (κ2) is 12.7. The van der Waals surface area contributed by atoms with Crippen LogP contribution in [-0.2, 0) is 9.53 Å². The van der Waals surface area contributed by atoms with Gasteiger partial charge in [0.25, 0.3) is 5.56 Å². The third-order valence-corrected chi connectivity index (χ3v) is 7.75. The molecule has 3 aromatic rings. The van der Waals surface area contributed by atoms with Crippen LogP contribution >= 0.6 is 45.5 Å². The molecule has 214 valence electrons. The molecule has 0 fully saturated rings. The number of carbonyl (C=O) groups excluding carboxylic acids is 1. The zero-order chi connectivity index (χ0) is 29.9. The minimum atomic E-state index is -5.00. The van der Waals surface area contributed by atoms with E-state index in [1.54, 1.807) is 19.1 Å². The summed E-state index contributed by atoms with van der Waals surface area (Å²) in [5.74, 6) is 1.98. The second-order valence-electron chi connectivity index (χ2n) is 8.37. The molecule has 0 N–H and O–H groups in total. The molecule has 1 aliphatic heterocycles. The van der Waals surface area contributed by atoms with Crippen molar-refractivity contribution in [1.82, 2.24) is 4.57 Å². The average Bonchev–Trinajstić information content (AvgIpc) is 3.22. The van der Waals surface area contributed by atoms with Crippen LogP contribution in [0.5, 0.6) is 11.5 Å². The molecule has 2 heterocycles. The number of esters is 1. The quantitative estimate of drug-likeness (QED) is 0.186. The summed E-state index contributed by atoms with van der Waals surface area (Å²) in [6.07, 6.45) is 1.82. The zero-order valence-electron chi connectivity index (χ0n) is 21.6. The first-order valence-electron chi connectivity index (χ1n) is 12.1. The lowest BCUT2D eigenvalue weighted by Crippen LogP contribution is -2.41. The standard InChI is InChI=1S/C28H21ClF3IN2O5S/c1-4-11-40-23-18(33)12-15(13-19(23)38-5-2)14-20-25(36)35-22(16-7-9-17(29)10-8-16)21(26(37)39-6-3)24(28(30,31)32)34-27(35)41-20/h1,7-10,12-14,22H,5-6,11H2,2-3H3/b20-14-/t22-/m0/s1. The molecule has 1 atom stereocenters. The third kappa shape index (κ3) is 6.47. The molecule has 0 radical (unpaired) electrons. The lowest BCUT2D eigenvalue weighted by Gasteiger charge is -2.26. The van der Waals surface area contributed by atoms with Gasteiger partial charge in [0.15, 0.2) is 22.0 Å². The van der Waals surface area contributed by atoms with Crippen LogP contribution < -0.4 is 24.4 Å². The number of halogens is 5. The number of terminal acetylenes is 1. The van der Waals surface area contributed by atoms with E-state index in [0.29, 0.717) is 32.3 Å². The summed E-state index contributed by atoms with van der Waals surface area (Å²) in [4.78, 5) is 30.2. The van der Waals surface area contributed by atoms with Gasteiger partial charge in [0.05, 0.1) is 32.9 Å². The molecule has 2 aromatic carbocycles. The Morgan fingerprint density at radius 2 is 1.93 bits per heavy atom. The van der Waals surface area contributed by atoms with Crippen LogP contribution in [0.4, 0.5) is 13.2 Å². The van der Waals surface area contributed by atoms with Crippen molar-refractivity contribution in [2.24, 2.45) is 4.99 Å². The summed E-state index contributed by atoms with van der Waals surface area (Å²) in [6.45, 7) is 3.43. The number of aromatic nitrogens is 1. The highest BCUT2D eigenvalue weighted by Gasteiger charge is 2.45. The van der Waals surface area contributed by atoms with Gasteiger partial charge in [-0.1, -0.05) is 41.0 Å². The lowest BCUT2D eigenvalue weighted by atomic mass is 9.95. The summed E-state index contributed by atoms with van der Waals surface area (Å²) >= 11 is 8.81. The number of fused-ring (bicyclic) bond motifs is 1. The monoisotopic (exact) mass is 716 g/mol. The van der Waals surface area contributed by atoms with Gasteiger partial charge in [0.1, 0.15) is 6.61 Å². The summed E-state index contributed by atoms with van der Waals surface area (Å²) in [6, 6.07) is 7.73. The van der Waals surface area contributed by atoms with Crippen molar-refractivity contribution in [3.05, 3.63) is 87.1 Å². The Hall–Kier alpha value is -3.28.